The fraction of sp³-hybridized carbons (Fsp3) is 0.423. The third-order valence-electron chi connectivity index (χ3n) is 13.6. The smallest absolute Gasteiger partial charge is 0.167 e. The molecule has 4 unspecified atom stereocenters. The fourth-order valence-corrected chi connectivity index (χ4v) is 10.6. The van der Waals surface area contributed by atoms with Crippen LogP contribution < -0.4 is 0 Å². The number of aliphatic imine (C=N–C) groups is 2. The SMILES string of the molecule is Cc1cc2c(C(C)C)c(O)c(O)c(C=NC3CCCCC3Cc3ccco3)c2c(O)c1-c1c(C)cc2c(C(C)C)c(O)c(O)c(C=NC3CCCCC3Cc3ccco3)c2c1O. The molecule has 2 fully saturated rings. The summed E-state index contributed by atoms with van der Waals surface area (Å²) in [5.41, 5.74) is 3.28. The van der Waals surface area contributed by atoms with E-state index < -0.39 is 0 Å². The quantitative estimate of drug-likeness (QED) is 0.0552. The molecule has 2 aromatic heterocycles. The van der Waals surface area contributed by atoms with E-state index in [1.54, 1.807) is 25.0 Å². The number of phenols is 6. The molecule has 4 aromatic carbocycles. The van der Waals surface area contributed by atoms with Gasteiger partial charge in [-0.3, -0.25) is 9.98 Å². The summed E-state index contributed by atoms with van der Waals surface area (Å²) in [7, 11) is 0. The van der Waals surface area contributed by atoms with Crippen molar-refractivity contribution in [3.05, 3.63) is 93.8 Å². The lowest BCUT2D eigenvalue weighted by atomic mass is 9.81. The predicted octanol–water partition coefficient (Wildman–Crippen LogP) is 12.4. The Morgan fingerprint density at radius 3 is 1.31 bits per heavy atom. The zero-order chi connectivity index (χ0) is 44.0. The Bertz CT molecular complexity index is 2470. The van der Waals surface area contributed by atoms with E-state index in [4.69, 9.17) is 18.8 Å². The lowest BCUT2D eigenvalue weighted by Crippen LogP contribution is -2.25. The van der Waals surface area contributed by atoms with E-state index in [-0.39, 0.29) is 81.4 Å². The molecule has 0 bridgehead atoms. The van der Waals surface area contributed by atoms with E-state index in [1.165, 1.54) is 0 Å². The van der Waals surface area contributed by atoms with Crippen LogP contribution in [0.25, 0.3) is 32.7 Å². The average molecular weight is 841 g/mol. The van der Waals surface area contributed by atoms with Crippen molar-refractivity contribution in [2.75, 3.05) is 0 Å². The van der Waals surface area contributed by atoms with E-state index in [0.717, 1.165) is 75.7 Å². The number of benzene rings is 4. The summed E-state index contributed by atoms with van der Waals surface area (Å²) < 4.78 is 11.4. The Hall–Kier alpha value is -5.90. The monoisotopic (exact) mass is 840 g/mol. The molecule has 62 heavy (non-hydrogen) atoms. The zero-order valence-electron chi connectivity index (χ0n) is 36.7. The molecule has 6 N–H and O–H groups in total. The van der Waals surface area contributed by atoms with Crippen molar-refractivity contribution in [2.45, 2.75) is 130 Å². The number of fused-ring (bicyclic) bond motifs is 2. The van der Waals surface area contributed by atoms with Gasteiger partial charge in [-0.1, -0.05) is 65.5 Å². The maximum Gasteiger partial charge on any atom is 0.167 e. The second kappa shape index (κ2) is 17.5. The van der Waals surface area contributed by atoms with E-state index in [2.05, 4.69) is 0 Å². The van der Waals surface area contributed by atoms with Gasteiger partial charge in [-0.15, -0.1) is 0 Å². The van der Waals surface area contributed by atoms with Gasteiger partial charge in [0.05, 0.1) is 24.6 Å². The molecule has 8 rings (SSSR count). The lowest BCUT2D eigenvalue weighted by molar-refractivity contribution is 0.292. The van der Waals surface area contributed by atoms with Crippen LogP contribution in [0.5, 0.6) is 34.5 Å². The highest BCUT2D eigenvalue weighted by molar-refractivity contribution is 6.15. The lowest BCUT2D eigenvalue weighted by Gasteiger charge is -2.28. The maximum absolute atomic E-state index is 12.7. The van der Waals surface area contributed by atoms with Gasteiger partial charge in [-0.2, -0.15) is 0 Å². The minimum Gasteiger partial charge on any atom is -0.507 e. The number of aromatic hydroxyl groups is 6. The van der Waals surface area contributed by atoms with Crippen LogP contribution in [0.2, 0.25) is 0 Å². The Morgan fingerprint density at radius 2 is 0.952 bits per heavy atom. The Morgan fingerprint density at radius 1 is 0.565 bits per heavy atom. The maximum atomic E-state index is 12.7. The molecule has 10 heteroatoms. The molecule has 2 aliphatic rings. The zero-order valence-corrected chi connectivity index (χ0v) is 36.7. The highest BCUT2D eigenvalue weighted by atomic mass is 16.3. The number of furan rings is 2. The van der Waals surface area contributed by atoms with Gasteiger partial charge in [0.15, 0.2) is 23.0 Å². The molecule has 2 heterocycles. The number of hydrogen-bond acceptors (Lipinski definition) is 10. The standard InChI is InChI=1S/C52H60N2O8/c1-27(2)41-35-21-29(5)43(49(57)45(35)37(47(55)51(41)59)25-53-39-17-9-7-13-31(39)23-33-15-11-19-61-33)44-30(6)22-36-42(28(3)4)52(60)48(56)38(46(36)50(44)58)26-54-40-18-10-8-14-32(40)24-34-16-12-20-62-34/h11-12,15-16,19-22,25-28,31-32,39-40,55-60H,7-10,13-14,17-18,23-24H2,1-6H3. The first-order valence-corrected chi connectivity index (χ1v) is 22.4. The minimum atomic E-state index is -0.374. The molecule has 0 saturated heterocycles. The summed E-state index contributed by atoms with van der Waals surface area (Å²) in [4.78, 5) is 10.1. The second-order valence-electron chi connectivity index (χ2n) is 18.4. The summed E-state index contributed by atoms with van der Waals surface area (Å²) in [6.45, 7) is 11.4. The van der Waals surface area contributed by atoms with Gasteiger partial charge in [-0.25, -0.2) is 0 Å². The van der Waals surface area contributed by atoms with Gasteiger partial charge in [-0.05, 0) is 109 Å². The molecule has 10 nitrogen and oxygen atoms in total. The summed E-state index contributed by atoms with van der Waals surface area (Å²) in [5.74, 6) is 0.159. The van der Waals surface area contributed by atoms with Crippen molar-refractivity contribution < 1.29 is 39.5 Å². The molecule has 2 aliphatic carbocycles. The highest BCUT2D eigenvalue weighted by Crippen LogP contribution is 2.54. The largest absolute Gasteiger partial charge is 0.507 e. The van der Waals surface area contributed by atoms with E-state index in [1.807, 2.05) is 77.9 Å². The summed E-state index contributed by atoms with van der Waals surface area (Å²) >= 11 is 0. The number of nitrogens with zero attached hydrogens (tertiary/aromatic N) is 2. The second-order valence-corrected chi connectivity index (χ2v) is 18.4. The minimum absolute atomic E-state index is 0.0672. The number of phenolic OH excluding ortho intramolecular Hbond substituents is 6. The van der Waals surface area contributed by atoms with Crippen molar-refractivity contribution >= 4 is 34.0 Å². The van der Waals surface area contributed by atoms with E-state index >= 15 is 0 Å². The molecule has 0 spiro atoms. The molecule has 326 valence electrons. The van der Waals surface area contributed by atoms with Crippen molar-refractivity contribution in [2.24, 2.45) is 21.8 Å². The Kier molecular flexibility index (Phi) is 12.0. The van der Waals surface area contributed by atoms with Crippen LogP contribution in [0.15, 0.2) is 67.7 Å². The van der Waals surface area contributed by atoms with Crippen LogP contribution in [0, 0.1) is 25.7 Å². The van der Waals surface area contributed by atoms with E-state index in [0.29, 0.717) is 54.9 Å². The van der Waals surface area contributed by atoms with Gasteiger partial charge in [0.25, 0.3) is 0 Å². The van der Waals surface area contributed by atoms with Crippen LogP contribution in [-0.2, 0) is 12.8 Å². The van der Waals surface area contributed by atoms with Gasteiger partial charge in [0.2, 0.25) is 0 Å². The van der Waals surface area contributed by atoms with Crippen LogP contribution in [0.3, 0.4) is 0 Å². The summed E-state index contributed by atoms with van der Waals surface area (Å²) in [6, 6.07) is 11.4. The molecular weight excluding hydrogens is 781 g/mol. The molecular formula is C52H60N2O8. The number of aryl methyl sites for hydroxylation is 2. The summed E-state index contributed by atoms with van der Waals surface area (Å²) in [6.07, 6.45) is 15.9. The van der Waals surface area contributed by atoms with E-state index in [9.17, 15) is 30.6 Å². The highest BCUT2D eigenvalue weighted by Gasteiger charge is 2.32. The topological polar surface area (TPSA) is 172 Å². The molecule has 0 radical (unpaired) electrons. The predicted molar refractivity (Wildman–Crippen MR) is 246 cm³/mol. The molecule has 0 aliphatic heterocycles. The van der Waals surface area contributed by atoms with Crippen molar-refractivity contribution in [3.63, 3.8) is 0 Å². The van der Waals surface area contributed by atoms with Crippen molar-refractivity contribution in [1.29, 1.82) is 0 Å². The molecule has 4 atom stereocenters. The van der Waals surface area contributed by atoms with Crippen molar-refractivity contribution in [3.8, 4) is 45.6 Å². The van der Waals surface area contributed by atoms with Gasteiger partial charge in [0.1, 0.15) is 23.0 Å². The van der Waals surface area contributed by atoms with Crippen LogP contribution >= 0.6 is 0 Å². The van der Waals surface area contributed by atoms with Crippen LogP contribution in [0.1, 0.15) is 136 Å². The Balaban J connectivity index is 1.32. The van der Waals surface area contributed by atoms with Gasteiger partial charge in [0, 0.05) is 69.4 Å². The van der Waals surface area contributed by atoms with Crippen LogP contribution in [-0.4, -0.2) is 55.2 Å². The van der Waals surface area contributed by atoms with Gasteiger partial charge < -0.3 is 39.5 Å². The molecule has 0 amide bonds. The number of hydrogen-bond donors (Lipinski definition) is 6. The van der Waals surface area contributed by atoms with Crippen LogP contribution in [0.4, 0.5) is 0 Å². The molecule has 6 aromatic rings. The number of rotatable bonds is 11. The van der Waals surface area contributed by atoms with Gasteiger partial charge >= 0.3 is 0 Å². The molecule has 2 saturated carbocycles. The Labute approximate surface area is 363 Å². The first-order valence-electron chi connectivity index (χ1n) is 22.4. The third kappa shape index (κ3) is 7.77. The van der Waals surface area contributed by atoms with Crippen molar-refractivity contribution in [1.82, 2.24) is 0 Å². The summed E-state index contributed by atoms with van der Waals surface area (Å²) in [5, 5.41) is 73.8. The third-order valence-corrected chi connectivity index (χ3v) is 13.6. The fourth-order valence-electron chi connectivity index (χ4n) is 10.6. The first-order chi connectivity index (χ1) is 29.8. The first kappa shape index (κ1) is 42.8. The normalized spacial score (nSPS) is 19.9. The average Bonchev–Trinajstić information content (AvgIpc) is 3.96.